The quantitative estimate of drug-likeness (QED) is 0.836. The van der Waals surface area contributed by atoms with Gasteiger partial charge < -0.3 is 10.5 Å². The molecule has 0 aromatic heterocycles. The second kappa shape index (κ2) is 7.03. The van der Waals surface area contributed by atoms with Gasteiger partial charge in [0.25, 0.3) is 0 Å². The standard InChI is InChI=1S/C11H11F6NO.ClH/c12-10(13,14)6-5-9(18)7-1-3-8(4-2-7)19-11(15,16)17;/h1-4,9H,5-6,18H2;1H/t9-;/m1./s1. The van der Waals surface area contributed by atoms with Crippen LogP contribution in [0.5, 0.6) is 5.75 Å². The van der Waals surface area contributed by atoms with Crippen LogP contribution in [0.2, 0.25) is 0 Å². The maximum Gasteiger partial charge on any atom is 0.573 e. The lowest BCUT2D eigenvalue weighted by molar-refractivity contribution is -0.274. The minimum Gasteiger partial charge on any atom is -0.406 e. The maximum absolute atomic E-state index is 12.0. The van der Waals surface area contributed by atoms with E-state index in [1.165, 1.54) is 12.1 Å². The van der Waals surface area contributed by atoms with E-state index in [1.807, 2.05) is 0 Å². The van der Waals surface area contributed by atoms with Crippen molar-refractivity contribution in [3.05, 3.63) is 29.8 Å². The van der Waals surface area contributed by atoms with Crippen molar-refractivity contribution < 1.29 is 31.1 Å². The molecule has 0 aliphatic heterocycles. The van der Waals surface area contributed by atoms with Gasteiger partial charge >= 0.3 is 12.5 Å². The van der Waals surface area contributed by atoms with E-state index >= 15 is 0 Å². The molecule has 0 aliphatic carbocycles. The minimum atomic E-state index is -4.81. The third-order valence-electron chi connectivity index (χ3n) is 2.28. The van der Waals surface area contributed by atoms with Crippen LogP contribution in [-0.4, -0.2) is 12.5 Å². The molecule has 0 heterocycles. The SMILES string of the molecule is Cl.N[C@H](CCC(F)(F)F)c1ccc(OC(F)(F)F)cc1. The number of nitrogens with two attached hydrogens (primary N) is 1. The Hall–Kier alpha value is -1.15. The first-order chi connectivity index (χ1) is 8.57. The first kappa shape index (κ1) is 18.9. The minimum absolute atomic E-state index is 0. The Kier molecular flexibility index (Phi) is 6.63. The summed E-state index contributed by atoms with van der Waals surface area (Å²) in [5.41, 5.74) is 5.83. The third kappa shape index (κ3) is 7.44. The Balaban J connectivity index is 0.00000361. The van der Waals surface area contributed by atoms with Crippen molar-refractivity contribution in [2.24, 2.45) is 5.73 Å². The first-order valence-electron chi connectivity index (χ1n) is 5.25. The second-order valence-corrected chi connectivity index (χ2v) is 3.88. The third-order valence-corrected chi connectivity index (χ3v) is 2.28. The summed E-state index contributed by atoms with van der Waals surface area (Å²) in [5.74, 6) is -0.445. The van der Waals surface area contributed by atoms with E-state index in [9.17, 15) is 26.3 Å². The molecule has 0 bridgehead atoms. The van der Waals surface area contributed by atoms with Crippen LogP contribution in [0, 0.1) is 0 Å². The molecule has 2 nitrogen and oxygen atoms in total. The van der Waals surface area contributed by atoms with Crippen LogP contribution in [0.25, 0.3) is 0 Å². The fourth-order valence-electron chi connectivity index (χ4n) is 1.40. The van der Waals surface area contributed by atoms with Crippen molar-refractivity contribution in [2.75, 3.05) is 0 Å². The zero-order valence-corrected chi connectivity index (χ0v) is 10.8. The van der Waals surface area contributed by atoms with Gasteiger partial charge in [-0.05, 0) is 24.1 Å². The zero-order chi connectivity index (χ0) is 14.7. The second-order valence-electron chi connectivity index (χ2n) is 3.88. The van der Waals surface area contributed by atoms with Crippen LogP contribution in [0.1, 0.15) is 24.4 Å². The number of hydrogen-bond acceptors (Lipinski definition) is 2. The monoisotopic (exact) mass is 323 g/mol. The summed E-state index contributed by atoms with van der Waals surface area (Å²) in [4.78, 5) is 0. The Morgan fingerprint density at radius 3 is 1.90 bits per heavy atom. The van der Waals surface area contributed by atoms with Crippen LogP contribution >= 0.6 is 12.4 Å². The number of halogens is 7. The molecule has 0 radical (unpaired) electrons. The van der Waals surface area contributed by atoms with Gasteiger partial charge in [0.15, 0.2) is 0 Å². The molecule has 1 atom stereocenters. The van der Waals surface area contributed by atoms with E-state index in [2.05, 4.69) is 4.74 Å². The molecule has 116 valence electrons. The van der Waals surface area contributed by atoms with E-state index < -0.39 is 30.8 Å². The summed E-state index contributed by atoms with van der Waals surface area (Å²) in [7, 11) is 0. The summed E-state index contributed by atoms with van der Waals surface area (Å²) >= 11 is 0. The molecule has 0 unspecified atom stereocenters. The van der Waals surface area contributed by atoms with Gasteiger partial charge in [-0.25, -0.2) is 0 Å². The van der Waals surface area contributed by atoms with Crippen LogP contribution in [0.4, 0.5) is 26.3 Å². The molecule has 0 amide bonds. The summed E-state index contributed by atoms with van der Waals surface area (Å²) < 4.78 is 75.2. The summed E-state index contributed by atoms with van der Waals surface area (Å²) in [6.45, 7) is 0. The number of hydrogen-bond donors (Lipinski definition) is 1. The van der Waals surface area contributed by atoms with Crippen molar-refractivity contribution in [1.82, 2.24) is 0 Å². The Bertz CT molecular complexity index is 403. The molecule has 1 aromatic rings. The number of alkyl halides is 6. The molecular weight excluding hydrogens is 312 g/mol. The highest BCUT2D eigenvalue weighted by Crippen LogP contribution is 2.28. The van der Waals surface area contributed by atoms with Crippen LogP contribution in [0.3, 0.4) is 0 Å². The topological polar surface area (TPSA) is 35.2 Å². The number of ether oxygens (including phenoxy) is 1. The maximum atomic E-state index is 12.0. The number of rotatable bonds is 4. The predicted octanol–water partition coefficient (Wildman–Crippen LogP) is 4.35. The van der Waals surface area contributed by atoms with Crippen LogP contribution < -0.4 is 10.5 Å². The van der Waals surface area contributed by atoms with Crippen molar-refractivity contribution in [3.63, 3.8) is 0 Å². The Labute approximate surface area is 117 Å². The number of benzene rings is 1. The van der Waals surface area contributed by atoms with Gasteiger partial charge in [0.05, 0.1) is 0 Å². The largest absolute Gasteiger partial charge is 0.573 e. The van der Waals surface area contributed by atoms with E-state index in [0.29, 0.717) is 5.56 Å². The fourth-order valence-corrected chi connectivity index (χ4v) is 1.40. The van der Waals surface area contributed by atoms with E-state index in [1.54, 1.807) is 0 Å². The molecule has 2 N–H and O–H groups in total. The summed E-state index contributed by atoms with van der Waals surface area (Å²) in [5, 5.41) is 0. The van der Waals surface area contributed by atoms with Crippen molar-refractivity contribution in [2.45, 2.75) is 31.4 Å². The van der Waals surface area contributed by atoms with Gasteiger partial charge in [0.2, 0.25) is 0 Å². The van der Waals surface area contributed by atoms with Crippen molar-refractivity contribution in [1.29, 1.82) is 0 Å². The average molecular weight is 324 g/mol. The van der Waals surface area contributed by atoms with Crippen molar-refractivity contribution >= 4 is 12.4 Å². The zero-order valence-electron chi connectivity index (χ0n) is 9.96. The molecule has 20 heavy (non-hydrogen) atoms. The van der Waals surface area contributed by atoms with E-state index in [4.69, 9.17) is 5.73 Å². The fraction of sp³-hybridized carbons (Fsp3) is 0.455. The average Bonchev–Trinajstić information content (AvgIpc) is 2.23. The lowest BCUT2D eigenvalue weighted by Crippen LogP contribution is -2.18. The molecular formula is C11H12ClF6NO. The lowest BCUT2D eigenvalue weighted by atomic mass is 10.0. The molecule has 0 aliphatic rings. The first-order valence-corrected chi connectivity index (χ1v) is 5.25. The van der Waals surface area contributed by atoms with E-state index in [-0.39, 0.29) is 18.8 Å². The molecule has 9 heteroatoms. The molecule has 1 aromatic carbocycles. The molecule has 0 spiro atoms. The van der Waals surface area contributed by atoms with Gasteiger partial charge in [-0.3, -0.25) is 0 Å². The highest BCUT2D eigenvalue weighted by molar-refractivity contribution is 5.85. The van der Waals surface area contributed by atoms with Crippen LogP contribution in [-0.2, 0) is 0 Å². The van der Waals surface area contributed by atoms with Crippen molar-refractivity contribution in [3.8, 4) is 5.75 Å². The summed E-state index contributed by atoms with van der Waals surface area (Å²) in [6, 6.07) is 3.55. The normalized spacial score (nSPS) is 13.6. The smallest absolute Gasteiger partial charge is 0.406 e. The van der Waals surface area contributed by atoms with E-state index in [0.717, 1.165) is 12.1 Å². The Morgan fingerprint density at radius 1 is 1.00 bits per heavy atom. The van der Waals surface area contributed by atoms with Gasteiger partial charge in [0.1, 0.15) is 5.75 Å². The lowest BCUT2D eigenvalue weighted by Gasteiger charge is -2.14. The predicted molar refractivity (Wildman–Crippen MR) is 62.6 cm³/mol. The van der Waals surface area contributed by atoms with Crippen LogP contribution in [0.15, 0.2) is 24.3 Å². The molecule has 0 saturated carbocycles. The molecule has 1 rings (SSSR count). The van der Waals surface area contributed by atoms with Gasteiger partial charge in [-0.1, -0.05) is 12.1 Å². The van der Waals surface area contributed by atoms with Gasteiger partial charge in [0, 0.05) is 12.5 Å². The highest BCUT2D eigenvalue weighted by Gasteiger charge is 2.31. The van der Waals surface area contributed by atoms with Gasteiger partial charge in [-0.2, -0.15) is 13.2 Å². The summed E-state index contributed by atoms with van der Waals surface area (Å²) in [6.07, 6.45) is -10.5. The highest BCUT2D eigenvalue weighted by atomic mass is 35.5. The molecule has 0 fully saturated rings. The van der Waals surface area contributed by atoms with Gasteiger partial charge in [-0.15, -0.1) is 25.6 Å². The molecule has 0 saturated heterocycles. The Morgan fingerprint density at radius 2 is 1.50 bits per heavy atom.